The summed E-state index contributed by atoms with van der Waals surface area (Å²) in [5, 5.41) is 0. The summed E-state index contributed by atoms with van der Waals surface area (Å²) >= 11 is 0. The molecule has 1 aliphatic rings. The first-order valence-electron chi connectivity index (χ1n) is 2.78. The Morgan fingerprint density at radius 1 is 1.67 bits per heavy atom. The van der Waals surface area contributed by atoms with Crippen molar-refractivity contribution in [2.75, 3.05) is 7.11 Å². The van der Waals surface area contributed by atoms with Gasteiger partial charge in [0, 0.05) is 0 Å². The van der Waals surface area contributed by atoms with Crippen molar-refractivity contribution >= 4 is 0 Å². The average molecular weight is 127 g/mol. The summed E-state index contributed by atoms with van der Waals surface area (Å²) in [5.41, 5.74) is 0. The van der Waals surface area contributed by atoms with Crippen molar-refractivity contribution < 1.29 is 9.13 Å². The van der Waals surface area contributed by atoms with Gasteiger partial charge in [0.2, 0.25) is 0 Å². The summed E-state index contributed by atoms with van der Waals surface area (Å²) in [6, 6.07) is 0. The van der Waals surface area contributed by atoms with Crippen molar-refractivity contribution in [3.05, 3.63) is 30.2 Å². The quantitative estimate of drug-likeness (QED) is 0.523. The Morgan fingerprint density at radius 3 is 2.89 bits per heavy atom. The molecule has 0 aromatic rings. The zero-order valence-corrected chi connectivity index (χ0v) is 5.23. The van der Waals surface area contributed by atoms with Gasteiger partial charge in [-0.2, -0.15) is 0 Å². The highest BCUT2D eigenvalue weighted by Gasteiger charge is 2.06. The largest absolute Gasteiger partial charge is 0.494 e. The van der Waals surface area contributed by atoms with E-state index < -0.39 is 0 Å². The standard InChI is InChI=1S/C7H8FO/c1-9-7-5-3-2-4-6(7)8/h2,4-5H,3H2,1H3. The molecule has 0 bridgehead atoms. The predicted molar refractivity (Wildman–Crippen MR) is 33.2 cm³/mol. The number of rotatable bonds is 1. The van der Waals surface area contributed by atoms with E-state index in [0.717, 1.165) is 6.42 Å². The Kier molecular flexibility index (Phi) is 1.88. The summed E-state index contributed by atoms with van der Waals surface area (Å²) in [7, 11) is 1.46. The van der Waals surface area contributed by atoms with Crippen molar-refractivity contribution in [1.29, 1.82) is 0 Å². The lowest BCUT2D eigenvalue weighted by molar-refractivity contribution is 0.280. The average Bonchev–Trinajstić information content (AvgIpc) is 1.89. The second-order valence-electron chi connectivity index (χ2n) is 1.76. The second kappa shape index (κ2) is 2.67. The van der Waals surface area contributed by atoms with E-state index in [-0.39, 0.29) is 5.83 Å². The minimum absolute atomic E-state index is 0.288. The molecule has 0 amide bonds. The molecule has 0 fully saturated rings. The number of ether oxygens (including phenoxy) is 1. The highest BCUT2D eigenvalue weighted by molar-refractivity contribution is 5.27. The third kappa shape index (κ3) is 1.31. The zero-order valence-electron chi connectivity index (χ0n) is 5.23. The molecule has 0 spiro atoms. The van der Waals surface area contributed by atoms with E-state index in [1.807, 2.05) is 0 Å². The smallest absolute Gasteiger partial charge is 0.161 e. The van der Waals surface area contributed by atoms with Crippen LogP contribution in [0.2, 0.25) is 0 Å². The maximum Gasteiger partial charge on any atom is 0.161 e. The lowest BCUT2D eigenvalue weighted by Gasteiger charge is -2.06. The van der Waals surface area contributed by atoms with Gasteiger partial charge in [-0.15, -0.1) is 0 Å². The summed E-state index contributed by atoms with van der Waals surface area (Å²) in [5.74, 6) is 0.0567. The van der Waals surface area contributed by atoms with Crippen molar-refractivity contribution in [2.45, 2.75) is 6.42 Å². The van der Waals surface area contributed by atoms with Crippen LogP contribution in [0, 0.1) is 6.42 Å². The van der Waals surface area contributed by atoms with Gasteiger partial charge in [0.15, 0.2) is 5.83 Å². The Balaban J connectivity index is 2.68. The molecule has 0 aliphatic heterocycles. The van der Waals surface area contributed by atoms with E-state index in [2.05, 4.69) is 0 Å². The number of hydrogen-bond donors (Lipinski definition) is 0. The van der Waals surface area contributed by atoms with Crippen LogP contribution in [-0.4, -0.2) is 7.11 Å². The van der Waals surface area contributed by atoms with Crippen LogP contribution in [0.4, 0.5) is 4.39 Å². The molecule has 49 valence electrons. The summed E-state index contributed by atoms with van der Waals surface area (Å²) in [6.07, 6.45) is 5.63. The fourth-order valence-electron chi connectivity index (χ4n) is 0.707. The molecule has 0 aromatic heterocycles. The Bertz CT molecular complexity index is 158. The zero-order chi connectivity index (χ0) is 6.69. The molecule has 2 heteroatoms. The van der Waals surface area contributed by atoms with Crippen LogP contribution in [0.3, 0.4) is 0 Å². The Labute approximate surface area is 53.8 Å². The molecular formula is C7H8FO. The fraction of sp³-hybridized carbons (Fsp3) is 0.286. The number of hydrogen-bond acceptors (Lipinski definition) is 1. The maximum absolute atomic E-state index is 12.5. The molecule has 0 atom stereocenters. The van der Waals surface area contributed by atoms with E-state index in [0.29, 0.717) is 5.76 Å². The molecule has 1 aliphatic carbocycles. The Hall–Kier alpha value is -0.790. The van der Waals surface area contributed by atoms with Crippen LogP contribution >= 0.6 is 0 Å². The molecule has 1 nitrogen and oxygen atoms in total. The van der Waals surface area contributed by atoms with Gasteiger partial charge in [-0.3, -0.25) is 0 Å². The van der Waals surface area contributed by atoms with E-state index in [4.69, 9.17) is 4.74 Å². The van der Waals surface area contributed by atoms with Crippen LogP contribution in [-0.2, 0) is 4.74 Å². The molecule has 0 N–H and O–H groups in total. The lowest BCUT2D eigenvalue weighted by atomic mass is 10.1. The highest BCUT2D eigenvalue weighted by Crippen LogP contribution is 2.18. The first-order chi connectivity index (χ1) is 4.34. The van der Waals surface area contributed by atoms with Gasteiger partial charge in [-0.05, 0) is 25.0 Å². The molecule has 0 aromatic carbocycles. The van der Waals surface area contributed by atoms with Gasteiger partial charge in [-0.1, -0.05) is 0 Å². The van der Waals surface area contributed by atoms with Crippen LogP contribution in [0.25, 0.3) is 0 Å². The topological polar surface area (TPSA) is 9.23 Å². The molecule has 0 heterocycles. The van der Waals surface area contributed by atoms with Gasteiger partial charge < -0.3 is 4.74 Å². The molecular weight excluding hydrogens is 119 g/mol. The third-order valence-corrected chi connectivity index (χ3v) is 1.16. The molecule has 1 rings (SSSR count). The van der Waals surface area contributed by atoms with Crippen molar-refractivity contribution in [2.24, 2.45) is 0 Å². The van der Waals surface area contributed by atoms with Crippen molar-refractivity contribution in [1.82, 2.24) is 0 Å². The summed E-state index contributed by atoms with van der Waals surface area (Å²) in [6.45, 7) is 0. The van der Waals surface area contributed by atoms with Gasteiger partial charge in [0.05, 0.1) is 7.11 Å². The fourth-order valence-corrected chi connectivity index (χ4v) is 0.707. The number of allylic oxidation sites excluding steroid dienone is 3. The minimum Gasteiger partial charge on any atom is -0.494 e. The molecule has 9 heavy (non-hydrogen) atoms. The van der Waals surface area contributed by atoms with Crippen LogP contribution in [0.1, 0.15) is 6.42 Å². The first-order valence-corrected chi connectivity index (χ1v) is 2.78. The first kappa shape index (κ1) is 6.33. The predicted octanol–water partition coefficient (Wildman–Crippen LogP) is 1.98. The molecule has 0 saturated heterocycles. The van der Waals surface area contributed by atoms with Crippen LogP contribution in [0.15, 0.2) is 23.7 Å². The second-order valence-corrected chi connectivity index (χ2v) is 1.76. The van der Waals surface area contributed by atoms with Crippen LogP contribution < -0.4 is 0 Å². The van der Waals surface area contributed by atoms with E-state index in [1.165, 1.54) is 13.2 Å². The SMILES string of the molecule is COC1=CC[CH]C=C1F. The molecule has 0 unspecified atom stereocenters. The maximum atomic E-state index is 12.5. The normalized spacial score (nSPS) is 18.4. The van der Waals surface area contributed by atoms with Gasteiger partial charge in [0.1, 0.15) is 5.76 Å². The third-order valence-electron chi connectivity index (χ3n) is 1.16. The number of halogens is 1. The van der Waals surface area contributed by atoms with Gasteiger partial charge in [-0.25, -0.2) is 4.39 Å². The summed E-state index contributed by atoms with van der Waals surface area (Å²) < 4.78 is 17.2. The minimum atomic E-state index is -0.288. The summed E-state index contributed by atoms with van der Waals surface area (Å²) in [4.78, 5) is 0. The van der Waals surface area contributed by atoms with E-state index in [9.17, 15) is 4.39 Å². The van der Waals surface area contributed by atoms with Crippen molar-refractivity contribution in [3.63, 3.8) is 0 Å². The van der Waals surface area contributed by atoms with Crippen molar-refractivity contribution in [3.8, 4) is 0 Å². The van der Waals surface area contributed by atoms with Gasteiger partial charge in [0.25, 0.3) is 0 Å². The Morgan fingerprint density at radius 2 is 2.44 bits per heavy atom. The van der Waals surface area contributed by atoms with Crippen LogP contribution in [0.5, 0.6) is 0 Å². The van der Waals surface area contributed by atoms with E-state index in [1.54, 1.807) is 12.5 Å². The number of methoxy groups -OCH3 is 1. The van der Waals surface area contributed by atoms with E-state index >= 15 is 0 Å². The monoisotopic (exact) mass is 127 g/mol. The highest BCUT2D eigenvalue weighted by atomic mass is 19.1. The molecule has 1 radical (unpaired) electrons. The van der Waals surface area contributed by atoms with Gasteiger partial charge >= 0.3 is 0 Å². The molecule has 0 saturated carbocycles. The lowest BCUT2D eigenvalue weighted by Crippen LogP contribution is -1.92.